The molecule has 1 N–H and O–H groups in total. The van der Waals surface area contributed by atoms with Crippen molar-refractivity contribution in [1.82, 2.24) is 5.32 Å². The largest absolute Gasteiger partial charge is 0.493 e. The topological polar surface area (TPSA) is 59.9 Å². The third-order valence-electron chi connectivity index (χ3n) is 4.08. The molecule has 1 saturated heterocycles. The average Bonchev–Trinajstić information content (AvgIpc) is 2.97. The number of carbonyl (C=O) groups is 1. The second-order valence-electron chi connectivity index (χ2n) is 5.86. The second kappa shape index (κ2) is 7.66. The van der Waals surface area contributed by atoms with E-state index in [1.165, 1.54) is 22.9 Å². The number of thioether (sulfide) groups is 1. The van der Waals surface area contributed by atoms with Crippen LogP contribution in [-0.4, -0.2) is 25.3 Å². The van der Waals surface area contributed by atoms with Crippen molar-refractivity contribution in [2.45, 2.75) is 13.8 Å². The molecule has 0 saturated carbocycles. The molecular formula is C20H20N2O3S. The molecule has 0 aromatic heterocycles. The maximum absolute atomic E-state index is 12.2. The fraction of sp³-hybridized carbons (Fsp3) is 0.200. The van der Waals surface area contributed by atoms with Crippen LogP contribution in [0, 0.1) is 13.8 Å². The van der Waals surface area contributed by atoms with Crippen molar-refractivity contribution in [3.63, 3.8) is 0 Å². The molecule has 1 fully saturated rings. The lowest BCUT2D eigenvalue weighted by Crippen LogP contribution is -2.19. The van der Waals surface area contributed by atoms with Crippen molar-refractivity contribution in [2.24, 2.45) is 4.99 Å². The minimum atomic E-state index is -0.160. The lowest BCUT2D eigenvalue weighted by Gasteiger charge is -2.07. The molecule has 0 atom stereocenters. The van der Waals surface area contributed by atoms with Gasteiger partial charge in [0.05, 0.1) is 24.8 Å². The Labute approximate surface area is 157 Å². The number of amides is 1. The number of methoxy groups -OCH3 is 2. The molecule has 1 amide bonds. The Morgan fingerprint density at radius 2 is 1.77 bits per heavy atom. The van der Waals surface area contributed by atoms with Gasteiger partial charge in [0.25, 0.3) is 5.91 Å². The highest BCUT2D eigenvalue weighted by Gasteiger charge is 2.24. The first-order chi connectivity index (χ1) is 12.5. The zero-order valence-electron chi connectivity index (χ0n) is 15.1. The third kappa shape index (κ3) is 3.91. The summed E-state index contributed by atoms with van der Waals surface area (Å²) in [7, 11) is 3.17. The first kappa shape index (κ1) is 18.1. The van der Waals surface area contributed by atoms with Crippen LogP contribution in [0.2, 0.25) is 0 Å². The number of aryl methyl sites for hydroxylation is 2. The standard InChI is InChI=1S/C20H20N2O3S/c1-12-5-7-15(9-13(12)2)21-20-22-19(23)18(26-20)11-14-6-8-16(24-3)17(10-14)25-4/h5-11H,1-4H3,(H,21,22,23). The molecule has 0 bridgehead atoms. The lowest BCUT2D eigenvalue weighted by atomic mass is 10.1. The van der Waals surface area contributed by atoms with Gasteiger partial charge in [0.15, 0.2) is 16.7 Å². The molecule has 3 rings (SSSR count). The fourth-order valence-electron chi connectivity index (χ4n) is 2.49. The molecule has 0 unspecified atom stereocenters. The zero-order chi connectivity index (χ0) is 18.7. The van der Waals surface area contributed by atoms with Crippen molar-refractivity contribution < 1.29 is 14.3 Å². The van der Waals surface area contributed by atoms with Crippen LogP contribution < -0.4 is 14.8 Å². The molecule has 2 aromatic rings. The van der Waals surface area contributed by atoms with E-state index < -0.39 is 0 Å². The van der Waals surface area contributed by atoms with E-state index in [-0.39, 0.29) is 5.91 Å². The molecular weight excluding hydrogens is 348 g/mol. The van der Waals surface area contributed by atoms with Crippen molar-refractivity contribution in [1.29, 1.82) is 0 Å². The summed E-state index contributed by atoms with van der Waals surface area (Å²) in [6.07, 6.45) is 1.81. The zero-order valence-corrected chi connectivity index (χ0v) is 15.9. The van der Waals surface area contributed by atoms with Gasteiger partial charge in [0.2, 0.25) is 0 Å². The van der Waals surface area contributed by atoms with Gasteiger partial charge in [-0.1, -0.05) is 12.1 Å². The SMILES string of the molecule is COc1ccc(C=C2SC(=Nc3ccc(C)c(C)c3)NC2=O)cc1OC. The number of nitrogens with one attached hydrogen (secondary N) is 1. The Hall–Kier alpha value is -2.73. The summed E-state index contributed by atoms with van der Waals surface area (Å²) in [5, 5.41) is 3.38. The fourth-order valence-corrected chi connectivity index (χ4v) is 3.33. The van der Waals surface area contributed by atoms with Gasteiger partial charge < -0.3 is 14.8 Å². The number of amidine groups is 1. The number of hydrogen-bond donors (Lipinski definition) is 1. The van der Waals surface area contributed by atoms with Gasteiger partial charge in [-0.15, -0.1) is 0 Å². The summed E-state index contributed by atoms with van der Waals surface area (Å²) in [6, 6.07) is 11.5. The van der Waals surface area contributed by atoms with Crippen LogP contribution in [-0.2, 0) is 4.79 Å². The normalized spacial score (nSPS) is 16.8. The van der Waals surface area contributed by atoms with E-state index in [1.807, 2.05) is 49.4 Å². The Kier molecular flexibility index (Phi) is 5.32. The highest BCUT2D eigenvalue weighted by molar-refractivity contribution is 8.18. The van der Waals surface area contributed by atoms with E-state index in [2.05, 4.69) is 17.2 Å². The smallest absolute Gasteiger partial charge is 0.264 e. The van der Waals surface area contributed by atoms with E-state index in [9.17, 15) is 4.79 Å². The average molecular weight is 368 g/mol. The third-order valence-corrected chi connectivity index (χ3v) is 4.99. The molecule has 1 aliphatic rings. The highest BCUT2D eigenvalue weighted by atomic mass is 32.2. The minimum Gasteiger partial charge on any atom is -0.493 e. The quantitative estimate of drug-likeness (QED) is 0.821. The molecule has 1 heterocycles. The van der Waals surface area contributed by atoms with Gasteiger partial charge in [0.1, 0.15) is 0 Å². The van der Waals surface area contributed by atoms with E-state index in [1.54, 1.807) is 14.2 Å². The predicted molar refractivity (Wildman–Crippen MR) is 106 cm³/mol. The van der Waals surface area contributed by atoms with Gasteiger partial charge >= 0.3 is 0 Å². The second-order valence-corrected chi connectivity index (χ2v) is 6.90. The van der Waals surface area contributed by atoms with Crippen LogP contribution in [0.25, 0.3) is 6.08 Å². The Morgan fingerprint density at radius 1 is 1.00 bits per heavy atom. The van der Waals surface area contributed by atoms with E-state index in [4.69, 9.17) is 9.47 Å². The highest BCUT2D eigenvalue weighted by Crippen LogP contribution is 2.32. The maximum Gasteiger partial charge on any atom is 0.264 e. The minimum absolute atomic E-state index is 0.160. The van der Waals surface area contributed by atoms with Crippen LogP contribution in [0.5, 0.6) is 11.5 Å². The lowest BCUT2D eigenvalue weighted by molar-refractivity contribution is -0.115. The van der Waals surface area contributed by atoms with Crippen LogP contribution in [0.1, 0.15) is 16.7 Å². The first-order valence-corrected chi connectivity index (χ1v) is 8.90. The number of carbonyl (C=O) groups excluding carboxylic acids is 1. The summed E-state index contributed by atoms with van der Waals surface area (Å²) >= 11 is 1.32. The van der Waals surface area contributed by atoms with E-state index in [0.717, 1.165) is 11.3 Å². The number of aliphatic imine (C=N–C) groups is 1. The van der Waals surface area contributed by atoms with Crippen molar-refractivity contribution in [3.8, 4) is 11.5 Å². The summed E-state index contributed by atoms with van der Waals surface area (Å²) in [5.74, 6) is 1.11. The molecule has 0 spiro atoms. The van der Waals surface area contributed by atoms with Gasteiger partial charge in [0, 0.05) is 0 Å². The number of rotatable bonds is 4. The molecule has 2 aromatic carbocycles. The number of benzene rings is 2. The summed E-state index contributed by atoms with van der Waals surface area (Å²) in [6.45, 7) is 4.10. The molecule has 134 valence electrons. The Morgan fingerprint density at radius 3 is 2.46 bits per heavy atom. The van der Waals surface area contributed by atoms with Crippen LogP contribution in [0.3, 0.4) is 0 Å². The number of hydrogen-bond acceptors (Lipinski definition) is 5. The summed E-state index contributed by atoms with van der Waals surface area (Å²) in [5.41, 5.74) is 4.06. The van der Waals surface area contributed by atoms with Crippen molar-refractivity contribution >= 4 is 34.6 Å². The number of ether oxygens (including phenoxy) is 2. The van der Waals surface area contributed by atoms with Gasteiger partial charge in [-0.05, 0) is 72.6 Å². The van der Waals surface area contributed by atoms with Gasteiger partial charge in [-0.2, -0.15) is 0 Å². The van der Waals surface area contributed by atoms with Gasteiger partial charge in [-0.3, -0.25) is 4.79 Å². The molecule has 1 aliphatic heterocycles. The van der Waals surface area contributed by atoms with E-state index >= 15 is 0 Å². The van der Waals surface area contributed by atoms with Crippen molar-refractivity contribution in [2.75, 3.05) is 14.2 Å². The predicted octanol–water partition coefficient (Wildman–Crippen LogP) is 4.21. The first-order valence-electron chi connectivity index (χ1n) is 8.09. The maximum atomic E-state index is 12.2. The molecule has 0 radical (unpaired) electrons. The summed E-state index contributed by atoms with van der Waals surface area (Å²) < 4.78 is 10.5. The van der Waals surface area contributed by atoms with Gasteiger partial charge in [-0.25, -0.2) is 4.99 Å². The van der Waals surface area contributed by atoms with Crippen molar-refractivity contribution in [3.05, 3.63) is 58.0 Å². The Balaban J connectivity index is 1.84. The van der Waals surface area contributed by atoms with Crippen LogP contribution >= 0.6 is 11.8 Å². The molecule has 0 aliphatic carbocycles. The van der Waals surface area contributed by atoms with E-state index in [0.29, 0.717) is 21.6 Å². The molecule has 5 nitrogen and oxygen atoms in total. The monoisotopic (exact) mass is 368 g/mol. The summed E-state index contributed by atoms with van der Waals surface area (Å²) in [4.78, 5) is 17.3. The van der Waals surface area contributed by atoms with Crippen LogP contribution in [0.4, 0.5) is 5.69 Å². The molecule has 26 heavy (non-hydrogen) atoms. The van der Waals surface area contributed by atoms with Crippen LogP contribution in [0.15, 0.2) is 46.3 Å². The number of nitrogens with zero attached hydrogens (tertiary/aromatic N) is 1. The molecule has 6 heteroatoms. The Bertz CT molecular complexity index is 919.